The molecule has 0 bridgehead atoms. The van der Waals surface area contributed by atoms with Gasteiger partial charge in [-0.15, -0.1) is 0 Å². The van der Waals surface area contributed by atoms with Gasteiger partial charge in [-0.1, -0.05) is 30.3 Å². The fourth-order valence-electron chi connectivity index (χ4n) is 4.43. The van der Waals surface area contributed by atoms with Gasteiger partial charge in [-0.25, -0.2) is 4.99 Å². The summed E-state index contributed by atoms with van der Waals surface area (Å²) >= 11 is 0. The molecule has 0 amide bonds. The van der Waals surface area contributed by atoms with E-state index in [2.05, 4.69) is 63.3 Å². The van der Waals surface area contributed by atoms with E-state index >= 15 is 0 Å². The van der Waals surface area contributed by atoms with E-state index in [9.17, 15) is 0 Å². The molecular weight excluding hydrogens is 320 g/mol. The van der Waals surface area contributed by atoms with Crippen molar-refractivity contribution in [3.05, 3.63) is 72.1 Å². The third-order valence-electron chi connectivity index (χ3n) is 6.11. The standard InChI is InChI=1S/C22H24N4/c1-2-5-18(6-3-1)17-26-21-24-20(19-7-13-23-14-8-19)9-15-25(21)16-12-22(26)10-4-11-22/h1-3,5-9,13-14H,4,10-12,15-17H2. The van der Waals surface area contributed by atoms with Crippen LogP contribution < -0.4 is 0 Å². The number of hydrogen-bond acceptors (Lipinski definition) is 4. The molecule has 132 valence electrons. The van der Waals surface area contributed by atoms with Gasteiger partial charge in [0.15, 0.2) is 0 Å². The molecule has 5 rings (SSSR count). The highest BCUT2D eigenvalue weighted by Gasteiger charge is 2.48. The Morgan fingerprint density at radius 3 is 2.50 bits per heavy atom. The van der Waals surface area contributed by atoms with E-state index in [1.54, 1.807) is 0 Å². The van der Waals surface area contributed by atoms with E-state index in [0.29, 0.717) is 5.54 Å². The van der Waals surface area contributed by atoms with Crippen molar-refractivity contribution < 1.29 is 0 Å². The highest BCUT2D eigenvalue weighted by Crippen LogP contribution is 2.45. The molecule has 2 aromatic rings. The number of hydrogen-bond donors (Lipinski definition) is 0. The molecule has 1 saturated heterocycles. The van der Waals surface area contributed by atoms with Gasteiger partial charge in [0, 0.05) is 43.1 Å². The highest BCUT2D eigenvalue weighted by molar-refractivity contribution is 5.90. The molecular formula is C22H24N4. The van der Waals surface area contributed by atoms with Gasteiger partial charge in [0.05, 0.1) is 5.70 Å². The second kappa shape index (κ2) is 6.27. The van der Waals surface area contributed by atoms with Gasteiger partial charge in [-0.2, -0.15) is 0 Å². The average molecular weight is 344 g/mol. The molecule has 0 N–H and O–H groups in total. The van der Waals surface area contributed by atoms with Gasteiger partial charge in [-0.3, -0.25) is 4.98 Å². The van der Waals surface area contributed by atoms with Gasteiger partial charge >= 0.3 is 0 Å². The molecule has 1 saturated carbocycles. The monoisotopic (exact) mass is 344 g/mol. The Hall–Kier alpha value is -2.62. The second-order valence-electron chi connectivity index (χ2n) is 7.58. The summed E-state index contributed by atoms with van der Waals surface area (Å²) < 4.78 is 0. The van der Waals surface area contributed by atoms with E-state index in [1.807, 2.05) is 12.4 Å². The normalized spacial score (nSPS) is 20.9. The lowest BCUT2D eigenvalue weighted by atomic mass is 9.71. The average Bonchev–Trinajstić information content (AvgIpc) is 2.68. The van der Waals surface area contributed by atoms with Crippen LogP contribution in [0.2, 0.25) is 0 Å². The summed E-state index contributed by atoms with van der Waals surface area (Å²) in [5, 5.41) is 0. The predicted octanol–water partition coefficient (Wildman–Crippen LogP) is 3.92. The number of rotatable bonds is 3. The Morgan fingerprint density at radius 1 is 0.962 bits per heavy atom. The van der Waals surface area contributed by atoms with Crippen molar-refractivity contribution in [1.29, 1.82) is 0 Å². The lowest BCUT2D eigenvalue weighted by Gasteiger charge is -2.57. The van der Waals surface area contributed by atoms with Crippen LogP contribution >= 0.6 is 0 Å². The third kappa shape index (κ3) is 2.61. The first-order valence-electron chi connectivity index (χ1n) is 9.60. The first-order valence-corrected chi connectivity index (χ1v) is 9.60. The van der Waals surface area contributed by atoms with Gasteiger partial charge in [-0.05, 0) is 49.5 Å². The fourth-order valence-corrected chi connectivity index (χ4v) is 4.43. The van der Waals surface area contributed by atoms with Crippen LogP contribution in [0.5, 0.6) is 0 Å². The molecule has 4 nitrogen and oxygen atoms in total. The maximum Gasteiger partial charge on any atom is 0.202 e. The van der Waals surface area contributed by atoms with Crippen molar-refractivity contribution in [2.45, 2.75) is 37.8 Å². The molecule has 4 heteroatoms. The van der Waals surface area contributed by atoms with Crippen LogP contribution in [0, 0.1) is 0 Å². The SMILES string of the molecule is C1=C(c2ccncc2)N=C2N(C1)CCC1(CCC1)N2Cc1ccccc1. The number of aromatic nitrogens is 1. The quantitative estimate of drug-likeness (QED) is 0.846. The van der Waals surface area contributed by atoms with E-state index in [-0.39, 0.29) is 0 Å². The summed E-state index contributed by atoms with van der Waals surface area (Å²) in [4.78, 5) is 14.3. The fraction of sp³-hybridized carbons (Fsp3) is 0.364. The number of benzene rings is 1. The number of pyridine rings is 1. The van der Waals surface area contributed by atoms with Crippen LogP contribution in [0.3, 0.4) is 0 Å². The molecule has 0 atom stereocenters. The molecule has 2 fully saturated rings. The van der Waals surface area contributed by atoms with Crippen LogP contribution in [0.1, 0.15) is 36.8 Å². The minimum Gasteiger partial charge on any atom is -0.339 e. The van der Waals surface area contributed by atoms with Crippen LogP contribution in [-0.4, -0.2) is 39.4 Å². The predicted molar refractivity (Wildman–Crippen MR) is 104 cm³/mol. The van der Waals surface area contributed by atoms with Crippen molar-refractivity contribution in [3.8, 4) is 0 Å². The van der Waals surface area contributed by atoms with Crippen LogP contribution in [0.25, 0.3) is 5.70 Å². The Balaban J connectivity index is 1.52. The van der Waals surface area contributed by atoms with Gasteiger partial charge in [0.1, 0.15) is 0 Å². The number of guanidine groups is 1. The van der Waals surface area contributed by atoms with Crippen molar-refractivity contribution in [1.82, 2.24) is 14.8 Å². The molecule has 0 unspecified atom stereocenters. The zero-order chi connectivity index (χ0) is 17.4. The second-order valence-corrected chi connectivity index (χ2v) is 7.58. The number of nitrogens with zero attached hydrogens (tertiary/aromatic N) is 4. The Morgan fingerprint density at radius 2 is 1.77 bits per heavy atom. The zero-order valence-electron chi connectivity index (χ0n) is 15.0. The van der Waals surface area contributed by atoms with E-state index < -0.39 is 0 Å². The van der Waals surface area contributed by atoms with Crippen molar-refractivity contribution in [2.75, 3.05) is 13.1 Å². The lowest BCUT2D eigenvalue weighted by Crippen LogP contribution is -2.65. The van der Waals surface area contributed by atoms with Gasteiger partial charge in [0.25, 0.3) is 0 Å². The smallest absolute Gasteiger partial charge is 0.202 e. The lowest BCUT2D eigenvalue weighted by molar-refractivity contribution is 0.0199. The molecule has 1 spiro atoms. The maximum absolute atomic E-state index is 5.13. The first kappa shape index (κ1) is 15.6. The van der Waals surface area contributed by atoms with E-state index in [4.69, 9.17) is 4.99 Å². The summed E-state index contributed by atoms with van der Waals surface area (Å²) in [5.41, 5.74) is 3.91. The molecule has 1 aromatic carbocycles. The zero-order valence-corrected chi connectivity index (χ0v) is 15.0. The molecule has 3 heterocycles. The van der Waals surface area contributed by atoms with E-state index in [1.165, 1.54) is 31.2 Å². The summed E-state index contributed by atoms with van der Waals surface area (Å²) in [6.07, 6.45) is 11.1. The summed E-state index contributed by atoms with van der Waals surface area (Å²) in [6.45, 7) is 3.00. The molecule has 26 heavy (non-hydrogen) atoms. The number of fused-ring (bicyclic) bond motifs is 1. The minimum absolute atomic E-state index is 0.311. The van der Waals surface area contributed by atoms with E-state index in [0.717, 1.165) is 36.9 Å². The van der Waals surface area contributed by atoms with Gasteiger partial charge < -0.3 is 9.80 Å². The summed E-state index contributed by atoms with van der Waals surface area (Å²) in [6, 6.07) is 14.9. The molecule has 2 aliphatic heterocycles. The summed E-state index contributed by atoms with van der Waals surface area (Å²) in [7, 11) is 0. The number of aliphatic imine (C=N–C) groups is 1. The Kier molecular flexibility index (Phi) is 3.77. The Bertz CT molecular complexity index is 837. The van der Waals surface area contributed by atoms with Crippen molar-refractivity contribution in [2.24, 2.45) is 4.99 Å². The molecule has 1 aliphatic carbocycles. The largest absolute Gasteiger partial charge is 0.339 e. The van der Waals surface area contributed by atoms with Crippen molar-refractivity contribution in [3.63, 3.8) is 0 Å². The third-order valence-corrected chi connectivity index (χ3v) is 6.11. The molecule has 3 aliphatic rings. The summed E-state index contributed by atoms with van der Waals surface area (Å²) in [5.74, 6) is 1.16. The van der Waals surface area contributed by atoms with Crippen LogP contribution in [0.4, 0.5) is 0 Å². The van der Waals surface area contributed by atoms with Crippen LogP contribution in [0.15, 0.2) is 65.9 Å². The Labute approximate surface area is 154 Å². The molecule has 1 aromatic heterocycles. The van der Waals surface area contributed by atoms with Gasteiger partial charge in [0.2, 0.25) is 5.96 Å². The minimum atomic E-state index is 0.311. The van der Waals surface area contributed by atoms with Crippen molar-refractivity contribution >= 4 is 11.7 Å². The highest BCUT2D eigenvalue weighted by atomic mass is 15.4. The van der Waals surface area contributed by atoms with Crippen LogP contribution in [-0.2, 0) is 6.54 Å². The molecule has 0 radical (unpaired) electrons. The first-order chi connectivity index (χ1) is 12.8. The maximum atomic E-state index is 5.13. The topological polar surface area (TPSA) is 31.7 Å².